The van der Waals surface area contributed by atoms with E-state index in [2.05, 4.69) is 10.2 Å². The normalized spacial score (nSPS) is 22.2. The highest BCUT2D eigenvalue weighted by Gasteiger charge is 2.49. The summed E-state index contributed by atoms with van der Waals surface area (Å²) in [4.78, 5) is 42.2. The van der Waals surface area contributed by atoms with Crippen molar-refractivity contribution in [2.75, 3.05) is 31.6 Å². The predicted molar refractivity (Wildman–Crippen MR) is 124 cm³/mol. The molecule has 0 aliphatic carbocycles. The van der Waals surface area contributed by atoms with E-state index in [4.69, 9.17) is 9.47 Å². The van der Waals surface area contributed by atoms with Crippen molar-refractivity contribution in [3.05, 3.63) is 29.8 Å². The summed E-state index contributed by atoms with van der Waals surface area (Å²) in [5, 5.41) is 3.02. The number of benzene rings is 1. The molecule has 8 heteroatoms. The van der Waals surface area contributed by atoms with Crippen LogP contribution in [0.25, 0.3) is 0 Å². The summed E-state index contributed by atoms with van der Waals surface area (Å²) < 4.78 is 11.0. The zero-order valence-corrected chi connectivity index (χ0v) is 19.9. The minimum atomic E-state index is -0.570. The summed E-state index contributed by atoms with van der Waals surface area (Å²) in [7, 11) is 0. The van der Waals surface area contributed by atoms with Crippen LogP contribution in [-0.4, -0.2) is 71.2 Å². The van der Waals surface area contributed by atoms with Crippen molar-refractivity contribution in [1.82, 2.24) is 9.80 Å². The lowest BCUT2D eigenvalue weighted by Crippen LogP contribution is -2.48. The van der Waals surface area contributed by atoms with Crippen LogP contribution >= 0.6 is 0 Å². The van der Waals surface area contributed by atoms with E-state index in [1.807, 2.05) is 20.8 Å². The summed E-state index contributed by atoms with van der Waals surface area (Å²) in [5.41, 5.74) is 0.00404. The Morgan fingerprint density at radius 3 is 2.52 bits per heavy atom. The maximum Gasteiger partial charge on any atom is 0.410 e. The first-order valence-corrected chi connectivity index (χ1v) is 12.0. The van der Waals surface area contributed by atoms with Crippen LogP contribution < -0.4 is 5.32 Å². The molecule has 3 aliphatic heterocycles. The Kier molecular flexibility index (Phi) is 6.66. The molecule has 1 N–H and O–H groups in total. The van der Waals surface area contributed by atoms with Crippen LogP contribution in [0, 0.1) is 0 Å². The number of carbonyl (C=O) groups excluding carboxylic acids is 3. The van der Waals surface area contributed by atoms with Crippen molar-refractivity contribution in [1.29, 1.82) is 0 Å². The smallest absolute Gasteiger partial charge is 0.410 e. The van der Waals surface area contributed by atoms with Crippen LogP contribution in [0.15, 0.2) is 24.3 Å². The molecule has 0 spiro atoms. The van der Waals surface area contributed by atoms with Gasteiger partial charge in [-0.2, -0.15) is 0 Å². The minimum Gasteiger partial charge on any atom is -0.460 e. The van der Waals surface area contributed by atoms with Gasteiger partial charge in [-0.3, -0.25) is 9.69 Å². The molecule has 3 fully saturated rings. The number of nitrogens with zero attached hydrogens (tertiary/aromatic N) is 2. The monoisotopic (exact) mass is 457 g/mol. The van der Waals surface area contributed by atoms with Gasteiger partial charge in [-0.05, 0) is 90.6 Å². The number of hydrogen-bond acceptors (Lipinski definition) is 6. The zero-order valence-electron chi connectivity index (χ0n) is 19.9. The van der Waals surface area contributed by atoms with Gasteiger partial charge in [0.25, 0.3) is 0 Å². The van der Waals surface area contributed by atoms with E-state index in [-0.39, 0.29) is 24.6 Å². The number of ether oxygens (including phenoxy) is 2. The molecule has 3 heterocycles. The number of carbonyl (C=O) groups is 3. The molecule has 2 amide bonds. The molecule has 0 aromatic heterocycles. The van der Waals surface area contributed by atoms with Gasteiger partial charge in [-0.25, -0.2) is 9.59 Å². The fraction of sp³-hybridized carbons (Fsp3) is 0.640. The van der Waals surface area contributed by atoms with Gasteiger partial charge in [0.15, 0.2) is 0 Å². The Hall–Kier alpha value is -2.61. The van der Waals surface area contributed by atoms with Crippen molar-refractivity contribution >= 4 is 23.7 Å². The minimum absolute atomic E-state index is 0.0157. The fourth-order valence-electron chi connectivity index (χ4n) is 5.27. The second-order valence-electron chi connectivity index (χ2n) is 10.3. The molecule has 1 aromatic carbocycles. The Labute approximate surface area is 195 Å². The maximum absolute atomic E-state index is 13.1. The van der Waals surface area contributed by atoms with E-state index < -0.39 is 17.1 Å². The van der Waals surface area contributed by atoms with Crippen molar-refractivity contribution < 1.29 is 23.9 Å². The number of likely N-dealkylation sites (tertiary alicyclic amines) is 1. The van der Waals surface area contributed by atoms with Gasteiger partial charge in [-0.1, -0.05) is 6.07 Å². The van der Waals surface area contributed by atoms with Gasteiger partial charge in [0.2, 0.25) is 5.91 Å². The van der Waals surface area contributed by atoms with Gasteiger partial charge in [0.1, 0.15) is 17.7 Å². The number of anilines is 1. The largest absolute Gasteiger partial charge is 0.460 e. The van der Waals surface area contributed by atoms with Crippen LogP contribution in [0.5, 0.6) is 0 Å². The Bertz CT molecular complexity index is 900. The van der Waals surface area contributed by atoms with Crippen LogP contribution in [0.3, 0.4) is 0 Å². The zero-order chi connectivity index (χ0) is 23.6. The highest BCUT2D eigenvalue weighted by Crippen LogP contribution is 2.39. The van der Waals surface area contributed by atoms with Gasteiger partial charge in [-0.15, -0.1) is 0 Å². The molecule has 1 unspecified atom stereocenters. The summed E-state index contributed by atoms with van der Waals surface area (Å²) in [6.45, 7) is 8.15. The lowest BCUT2D eigenvalue weighted by molar-refractivity contribution is -0.125. The fourth-order valence-corrected chi connectivity index (χ4v) is 5.27. The average Bonchev–Trinajstić information content (AvgIpc) is 3.46. The summed E-state index contributed by atoms with van der Waals surface area (Å²) in [6, 6.07) is 6.68. The van der Waals surface area contributed by atoms with Crippen molar-refractivity contribution in [3.8, 4) is 0 Å². The summed E-state index contributed by atoms with van der Waals surface area (Å²) in [6.07, 6.45) is 5.09. The highest BCUT2D eigenvalue weighted by atomic mass is 16.6. The number of fused-ring (bicyclic) bond motifs is 1. The van der Waals surface area contributed by atoms with E-state index in [0.29, 0.717) is 17.8 Å². The Balaban J connectivity index is 1.34. The molecule has 0 saturated carbocycles. The van der Waals surface area contributed by atoms with Crippen molar-refractivity contribution in [2.24, 2.45) is 0 Å². The average molecular weight is 458 g/mol. The third kappa shape index (κ3) is 5.16. The lowest BCUT2D eigenvalue weighted by atomic mass is 9.93. The molecule has 3 aliphatic rings. The molecular formula is C25H35N3O5. The highest BCUT2D eigenvalue weighted by molar-refractivity contribution is 6.00. The lowest BCUT2D eigenvalue weighted by Gasteiger charge is -2.30. The third-order valence-corrected chi connectivity index (χ3v) is 6.83. The van der Waals surface area contributed by atoms with Crippen LogP contribution in [0.4, 0.5) is 10.5 Å². The van der Waals surface area contributed by atoms with E-state index in [0.717, 1.165) is 51.6 Å². The molecule has 0 radical (unpaired) electrons. The second kappa shape index (κ2) is 9.33. The molecule has 180 valence electrons. The number of hydrogen-bond donors (Lipinski definition) is 1. The number of rotatable bonds is 5. The SMILES string of the molecule is CC(C)(C)OC(=O)N1CCCC1COC(=O)c1cccc(NC(=O)C23CCCN2CCC3)c1. The van der Waals surface area contributed by atoms with Crippen LogP contribution in [-0.2, 0) is 14.3 Å². The first kappa shape index (κ1) is 23.5. The molecule has 33 heavy (non-hydrogen) atoms. The van der Waals surface area contributed by atoms with Gasteiger partial charge < -0.3 is 19.7 Å². The van der Waals surface area contributed by atoms with Gasteiger partial charge in [0.05, 0.1) is 11.6 Å². The van der Waals surface area contributed by atoms with E-state index in [1.165, 1.54) is 0 Å². The topological polar surface area (TPSA) is 88.2 Å². The first-order chi connectivity index (χ1) is 15.7. The first-order valence-electron chi connectivity index (χ1n) is 12.0. The molecule has 1 aromatic rings. The third-order valence-electron chi connectivity index (χ3n) is 6.83. The van der Waals surface area contributed by atoms with Crippen LogP contribution in [0.1, 0.15) is 69.7 Å². The predicted octanol–water partition coefficient (Wildman–Crippen LogP) is 3.81. The maximum atomic E-state index is 13.1. The molecule has 1 atom stereocenters. The van der Waals surface area contributed by atoms with Crippen molar-refractivity contribution in [2.45, 2.75) is 76.5 Å². The summed E-state index contributed by atoms with van der Waals surface area (Å²) >= 11 is 0. The second-order valence-corrected chi connectivity index (χ2v) is 10.3. The van der Waals surface area contributed by atoms with E-state index in [9.17, 15) is 14.4 Å². The molecule has 4 rings (SSSR count). The Morgan fingerprint density at radius 1 is 1.09 bits per heavy atom. The van der Waals surface area contributed by atoms with Gasteiger partial charge in [0, 0.05) is 12.2 Å². The van der Waals surface area contributed by atoms with E-state index in [1.54, 1.807) is 29.2 Å². The molecular weight excluding hydrogens is 422 g/mol. The molecule has 0 bridgehead atoms. The van der Waals surface area contributed by atoms with Crippen LogP contribution in [0.2, 0.25) is 0 Å². The molecule has 3 saturated heterocycles. The van der Waals surface area contributed by atoms with Crippen molar-refractivity contribution in [3.63, 3.8) is 0 Å². The number of amides is 2. The number of nitrogens with one attached hydrogen (secondary N) is 1. The number of esters is 1. The summed E-state index contributed by atoms with van der Waals surface area (Å²) in [5.74, 6) is -0.453. The molecule has 8 nitrogen and oxygen atoms in total. The van der Waals surface area contributed by atoms with E-state index >= 15 is 0 Å². The quantitative estimate of drug-likeness (QED) is 0.677. The Morgan fingerprint density at radius 2 is 1.82 bits per heavy atom. The standard InChI is InChI=1S/C25H35N3O5/c1-24(2,3)33-23(31)28-15-5-10-20(28)17-32-21(29)18-8-4-9-19(16-18)26-22(30)25-11-6-13-27(25)14-7-12-25/h4,8-9,16,20H,5-7,10-15,17H2,1-3H3,(H,26,30). The van der Waals surface area contributed by atoms with Gasteiger partial charge >= 0.3 is 12.1 Å².